The van der Waals surface area contributed by atoms with Crippen LogP contribution in [0.1, 0.15) is 20.3 Å². The Morgan fingerprint density at radius 2 is 1.95 bits per heavy atom. The maximum atomic E-state index is 12.4. The molecule has 0 radical (unpaired) electrons. The van der Waals surface area contributed by atoms with Crippen LogP contribution in [0.3, 0.4) is 0 Å². The van der Waals surface area contributed by atoms with Gasteiger partial charge in [0, 0.05) is 20.0 Å². The topological polar surface area (TPSA) is 86.8 Å². The maximum Gasteiger partial charge on any atom is 0.252 e. The van der Waals surface area contributed by atoms with E-state index in [1.165, 1.54) is 9.80 Å². The number of piperazine rings is 1. The Kier molecular flexibility index (Phi) is 3.07. The molecule has 2 aliphatic heterocycles. The van der Waals surface area contributed by atoms with Crippen LogP contribution in [0, 0.1) is 5.92 Å². The Bertz CT molecular complexity index is 472. The average molecular weight is 267 g/mol. The first-order valence-electron chi connectivity index (χ1n) is 6.13. The Morgan fingerprint density at radius 1 is 1.32 bits per heavy atom. The Hall–Kier alpha value is -1.92. The van der Waals surface area contributed by atoms with Crippen molar-refractivity contribution in [1.29, 1.82) is 0 Å². The van der Waals surface area contributed by atoms with Gasteiger partial charge in [-0.2, -0.15) is 0 Å². The van der Waals surface area contributed by atoms with Crippen molar-refractivity contribution in [3.63, 3.8) is 0 Å². The minimum atomic E-state index is -1.07. The Labute approximate surface area is 110 Å². The molecule has 0 aromatic heterocycles. The van der Waals surface area contributed by atoms with Crippen LogP contribution in [0.15, 0.2) is 0 Å². The number of carbonyl (C=O) groups is 4. The van der Waals surface area contributed by atoms with E-state index in [0.717, 1.165) is 0 Å². The molecular formula is C12H17N3O4. The van der Waals surface area contributed by atoms with E-state index in [9.17, 15) is 19.2 Å². The quantitative estimate of drug-likeness (QED) is 0.600. The van der Waals surface area contributed by atoms with E-state index < -0.39 is 23.3 Å². The first kappa shape index (κ1) is 13.5. The highest BCUT2D eigenvalue weighted by Crippen LogP contribution is 2.25. The molecule has 2 fully saturated rings. The van der Waals surface area contributed by atoms with Crippen LogP contribution < -0.4 is 5.32 Å². The molecule has 0 saturated carbocycles. The number of hydrogen-bond acceptors (Lipinski definition) is 4. The van der Waals surface area contributed by atoms with Crippen molar-refractivity contribution >= 4 is 23.6 Å². The van der Waals surface area contributed by atoms with Gasteiger partial charge in [-0.1, -0.05) is 0 Å². The van der Waals surface area contributed by atoms with Crippen molar-refractivity contribution in [1.82, 2.24) is 15.1 Å². The van der Waals surface area contributed by atoms with E-state index in [2.05, 4.69) is 5.32 Å². The molecule has 0 aromatic carbocycles. The highest BCUT2D eigenvalue weighted by Gasteiger charge is 2.46. The summed E-state index contributed by atoms with van der Waals surface area (Å²) in [4.78, 5) is 49.8. The number of carbonyl (C=O) groups excluding carboxylic acids is 4. The summed E-state index contributed by atoms with van der Waals surface area (Å²) in [5.41, 5.74) is -1.07. The smallest absolute Gasteiger partial charge is 0.252 e. The van der Waals surface area contributed by atoms with Crippen LogP contribution in [-0.2, 0) is 19.2 Å². The van der Waals surface area contributed by atoms with E-state index in [1.54, 1.807) is 20.9 Å². The zero-order valence-corrected chi connectivity index (χ0v) is 11.2. The van der Waals surface area contributed by atoms with Crippen molar-refractivity contribution in [2.24, 2.45) is 5.92 Å². The summed E-state index contributed by atoms with van der Waals surface area (Å²) in [6.45, 7) is 3.37. The molecule has 2 saturated heterocycles. The molecule has 0 aromatic rings. The van der Waals surface area contributed by atoms with Gasteiger partial charge < -0.3 is 9.80 Å². The van der Waals surface area contributed by atoms with Gasteiger partial charge >= 0.3 is 0 Å². The molecular weight excluding hydrogens is 250 g/mol. The third-order valence-corrected chi connectivity index (χ3v) is 3.74. The lowest BCUT2D eigenvalue weighted by molar-refractivity contribution is -0.157. The lowest BCUT2D eigenvalue weighted by Gasteiger charge is -2.41. The van der Waals surface area contributed by atoms with Gasteiger partial charge in [0.1, 0.15) is 12.1 Å². The molecule has 19 heavy (non-hydrogen) atoms. The summed E-state index contributed by atoms with van der Waals surface area (Å²) in [5, 5.41) is 2.21. The summed E-state index contributed by atoms with van der Waals surface area (Å²) in [6.07, 6.45) is 0.137. The minimum Gasteiger partial charge on any atom is -0.345 e. The largest absolute Gasteiger partial charge is 0.345 e. The fraction of sp³-hybridized carbons (Fsp3) is 0.667. The lowest BCUT2D eigenvalue weighted by atomic mass is 9.95. The van der Waals surface area contributed by atoms with Crippen LogP contribution in [-0.4, -0.2) is 59.1 Å². The molecule has 2 aliphatic rings. The van der Waals surface area contributed by atoms with Crippen LogP contribution in [0.2, 0.25) is 0 Å². The lowest BCUT2D eigenvalue weighted by Crippen LogP contribution is -2.66. The zero-order valence-electron chi connectivity index (χ0n) is 11.2. The first-order valence-corrected chi connectivity index (χ1v) is 6.13. The van der Waals surface area contributed by atoms with Crippen LogP contribution in [0.25, 0.3) is 0 Å². The first-order chi connectivity index (χ1) is 8.73. The van der Waals surface area contributed by atoms with E-state index >= 15 is 0 Å². The van der Waals surface area contributed by atoms with Crippen molar-refractivity contribution in [3.8, 4) is 0 Å². The number of likely N-dealkylation sites (tertiary alicyclic amines) is 1. The van der Waals surface area contributed by atoms with Gasteiger partial charge in [-0.3, -0.25) is 24.5 Å². The second kappa shape index (κ2) is 4.32. The fourth-order valence-electron chi connectivity index (χ4n) is 2.39. The molecule has 0 spiro atoms. The van der Waals surface area contributed by atoms with Gasteiger partial charge in [0.2, 0.25) is 17.7 Å². The predicted molar refractivity (Wildman–Crippen MR) is 64.7 cm³/mol. The highest BCUT2D eigenvalue weighted by atomic mass is 16.2. The molecule has 0 aliphatic carbocycles. The van der Waals surface area contributed by atoms with Crippen LogP contribution in [0.5, 0.6) is 0 Å². The maximum absolute atomic E-state index is 12.4. The van der Waals surface area contributed by atoms with E-state index in [4.69, 9.17) is 0 Å². The summed E-state index contributed by atoms with van der Waals surface area (Å²) >= 11 is 0. The normalized spacial score (nSPS) is 26.7. The van der Waals surface area contributed by atoms with Crippen molar-refractivity contribution < 1.29 is 19.2 Å². The van der Waals surface area contributed by atoms with Crippen molar-refractivity contribution in [2.45, 2.75) is 25.8 Å². The Morgan fingerprint density at radius 3 is 2.47 bits per heavy atom. The van der Waals surface area contributed by atoms with Gasteiger partial charge in [0.25, 0.3) is 5.91 Å². The molecule has 2 heterocycles. The molecule has 1 unspecified atom stereocenters. The Balaban J connectivity index is 2.20. The van der Waals surface area contributed by atoms with Crippen LogP contribution >= 0.6 is 0 Å². The van der Waals surface area contributed by atoms with Gasteiger partial charge in [-0.25, -0.2) is 0 Å². The number of amides is 4. The van der Waals surface area contributed by atoms with Gasteiger partial charge in [-0.05, 0) is 13.8 Å². The third kappa shape index (κ3) is 2.20. The molecule has 7 nitrogen and oxygen atoms in total. The molecule has 4 amide bonds. The van der Waals surface area contributed by atoms with Crippen molar-refractivity contribution in [2.75, 3.05) is 20.1 Å². The van der Waals surface area contributed by atoms with E-state index in [-0.39, 0.29) is 24.8 Å². The molecule has 7 heteroatoms. The second-order valence-corrected chi connectivity index (χ2v) is 5.54. The van der Waals surface area contributed by atoms with Gasteiger partial charge in [0.05, 0.1) is 5.92 Å². The number of nitrogens with one attached hydrogen (secondary N) is 1. The molecule has 1 N–H and O–H groups in total. The summed E-state index contributed by atoms with van der Waals surface area (Å²) < 4.78 is 0. The molecule has 0 bridgehead atoms. The highest BCUT2D eigenvalue weighted by molar-refractivity contribution is 6.06. The number of rotatable bonds is 1. The van der Waals surface area contributed by atoms with E-state index in [1.807, 2.05) is 0 Å². The third-order valence-electron chi connectivity index (χ3n) is 3.74. The monoisotopic (exact) mass is 267 g/mol. The summed E-state index contributed by atoms with van der Waals surface area (Å²) in [7, 11) is 1.63. The van der Waals surface area contributed by atoms with Gasteiger partial charge in [-0.15, -0.1) is 0 Å². The molecule has 2 rings (SSSR count). The number of hydrogen-bond donors (Lipinski definition) is 1. The number of nitrogens with zero attached hydrogens (tertiary/aromatic N) is 2. The predicted octanol–water partition coefficient (Wildman–Crippen LogP) is -1.27. The SMILES string of the molecule is CN1CC(C(=O)N2CC(=O)NC(=O)C2(C)C)CC1=O. The molecule has 1 atom stereocenters. The fourth-order valence-corrected chi connectivity index (χ4v) is 2.39. The minimum absolute atomic E-state index is 0.0936. The van der Waals surface area contributed by atoms with Gasteiger partial charge in [0.15, 0.2) is 0 Å². The zero-order chi connectivity index (χ0) is 14.4. The molecule has 104 valence electrons. The van der Waals surface area contributed by atoms with Crippen LogP contribution in [0.4, 0.5) is 0 Å². The van der Waals surface area contributed by atoms with Crippen molar-refractivity contribution in [3.05, 3.63) is 0 Å². The standard InChI is InChI=1S/C12H17N3O4/c1-12(2)11(19)13-8(16)6-15(12)10(18)7-4-9(17)14(3)5-7/h7H,4-6H2,1-3H3,(H,13,16,19). The average Bonchev–Trinajstić information content (AvgIpc) is 2.64. The summed E-state index contributed by atoms with van der Waals surface area (Å²) in [6, 6.07) is 0. The summed E-state index contributed by atoms with van der Waals surface area (Å²) in [5.74, 6) is -1.87. The van der Waals surface area contributed by atoms with E-state index in [0.29, 0.717) is 6.54 Å². The number of imide groups is 1. The second-order valence-electron chi connectivity index (χ2n) is 5.54.